The SMILES string of the molecule is Cc1ccccc1C(=O)/C=C1\SCC(=O)N1Cc1cccc(Cl)c1. The van der Waals surface area contributed by atoms with E-state index in [2.05, 4.69) is 0 Å². The average molecular weight is 358 g/mol. The zero-order valence-electron chi connectivity index (χ0n) is 13.2. The van der Waals surface area contributed by atoms with Gasteiger partial charge in [-0.3, -0.25) is 9.59 Å². The van der Waals surface area contributed by atoms with Gasteiger partial charge in [0.2, 0.25) is 5.91 Å². The van der Waals surface area contributed by atoms with Crippen LogP contribution in [0.1, 0.15) is 21.5 Å². The van der Waals surface area contributed by atoms with Gasteiger partial charge in [-0.15, -0.1) is 0 Å². The molecule has 5 heteroatoms. The number of hydrogen-bond acceptors (Lipinski definition) is 3. The van der Waals surface area contributed by atoms with E-state index in [1.165, 1.54) is 11.8 Å². The van der Waals surface area contributed by atoms with Crippen molar-refractivity contribution in [1.29, 1.82) is 0 Å². The third-order valence-corrected chi connectivity index (χ3v) is 5.07. The van der Waals surface area contributed by atoms with Crippen LogP contribution in [0.15, 0.2) is 59.6 Å². The Morgan fingerprint density at radius 1 is 1.25 bits per heavy atom. The largest absolute Gasteiger partial charge is 0.301 e. The van der Waals surface area contributed by atoms with Crippen LogP contribution in [0, 0.1) is 6.92 Å². The summed E-state index contributed by atoms with van der Waals surface area (Å²) in [5, 5.41) is 1.32. The fraction of sp³-hybridized carbons (Fsp3) is 0.158. The summed E-state index contributed by atoms with van der Waals surface area (Å²) in [6.07, 6.45) is 1.56. The standard InChI is InChI=1S/C19H16ClNO2S/c1-13-5-2-3-8-16(13)17(22)10-19-21(18(23)12-24-19)11-14-6-4-7-15(20)9-14/h2-10H,11-12H2,1H3/b19-10-. The van der Waals surface area contributed by atoms with Crippen molar-refractivity contribution < 1.29 is 9.59 Å². The number of thioether (sulfide) groups is 1. The van der Waals surface area contributed by atoms with Gasteiger partial charge in [0.25, 0.3) is 0 Å². The Bertz CT molecular complexity index is 832. The van der Waals surface area contributed by atoms with E-state index in [0.29, 0.717) is 27.9 Å². The second kappa shape index (κ2) is 7.24. The quantitative estimate of drug-likeness (QED) is 0.599. The summed E-state index contributed by atoms with van der Waals surface area (Å²) < 4.78 is 0. The molecule has 0 radical (unpaired) electrons. The highest BCUT2D eigenvalue weighted by molar-refractivity contribution is 8.04. The van der Waals surface area contributed by atoms with Crippen molar-refractivity contribution in [3.05, 3.63) is 81.3 Å². The van der Waals surface area contributed by atoms with Gasteiger partial charge in [-0.25, -0.2) is 0 Å². The van der Waals surface area contributed by atoms with Crippen LogP contribution < -0.4 is 0 Å². The zero-order valence-corrected chi connectivity index (χ0v) is 14.7. The summed E-state index contributed by atoms with van der Waals surface area (Å²) in [6.45, 7) is 2.32. The molecular weight excluding hydrogens is 342 g/mol. The molecule has 0 aliphatic carbocycles. The van der Waals surface area contributed by atoms with Crippen LogP contribution >= 0.6 is 23.4 Å². The minimum Gasteiger partial charge on any atom is -0.301 e. The third kappa shape index (κ3) is 3.71. The van der Waals surface area contributed by atoms with Crippen LogP contribution in [-0.2, 0) is 11.3 Å². The summed E-state index contributed by atoms with van der Waals surface area (Å²) in [7, 11) is 0. The molecule has 0 atom stereocenters. The first kappa shape index (κ1) is 16.8. The van der Waals surface area contributed by atoms with Crippen molar-refractivity contribution in [1.82, 2.24) is 4.90 Å². The summed E-state index contributed by atoms with van der Waals surface area (Å²) in [5.41, 5.74) is 2.52. The van der Waals surface area contributed by atoms with E-state index in [1.807, 2.05) is 43.3 Å². The Balaban J connectivity index is 1.85. The predicted molar refractivity (Wildman–Crippen MR) is 98.1 cm³/mol. The summed E-state index contributed by atoms with van der Waals surface area (Å²) >= 11 is 7.40. The lowest BCUT2D eigenvalue weighted by Crippen LogP contribution is -2.24. The number of aryl methyl sites for hydroxylation is 1. The Labute approximate surface area is 150 Å². The van der Waals surface area contributed by atoms with E-state index in [1.54, 1.807) is 23.1 Å². The van der Waals surface area contributed by atoms with E-state index in [9.17, 15) is 9.59 Å². The predicted octanol–water partition coefficient (Wildman–Crippen LogP) is 4.45. The molecule has 0 spiro atoms. The molecule has 0 unspecified atom stereocenters. The Morgan fingerprint density at radius 2 is 2.04 bits per heavy atom. The van der Waals surface area contributed by atoms with Crippen molar-refractivity contribution in [3.8, 4) is 0 Å². The molecule has 24 heavy (non-hydrogen) atoms. The van der Waals surface area contributed by atoms with Crippen molar-refractivity contribution in [2.45, 2.75) is 13.5 Å². The summed E-state index contributed by atoms with van der Waals surface area (Å²) in [5.74, 6) is 0.276. The lowest BCUT2D eigenvalue weighted by Gasteiger charge is -2.17. The Morgan fingerprint density at radius 3 is 2.79 bits per heavy atom. The number of rotatable bonds is 4. The topological polar surface area (TPSA) is 37.4 Å². The Hall–Kier alpha value is -2.04. The highest BCUT2D eigenvalue weighted by Gasteiger charge is 2.27. The molecule has 1 amide bonds. The normalized spacial score (nSPS) is 16.0. The molecule has 0 saturated carbocycles. The molecule has 1 aliphatic rings. The highest BCUT2D eigenvalue weighted by Crippen LogP contribution is 2.31. The van der Waals surface area contributed by atoms with Gasteiger partial charge in [-0.2, -0.15) is 0 Å². The number of carbonyl (C=O) groups excluding carboxylic acids is 2. The first-order valence-electron chi connectivity index (χ1n) is 7.54. The summed E-state index contributed by atoms with van der Waals surface area (Å²) in [4.78, 5) is 26.4. The average Bonchev–Trinajstić information content (AvgIpc) is 2.88. The fourth-order valence-electron chi connectivity index (χ4n) is 2.56. The maximum absolute atomic E-state index is 12.5. The number of carbonyl (C=O) groups is 2. The van der Waals surface area contributed by atoms with Gasteiger partial charge >= 0.3 is 0 Å². The van der Waals surface area contributed by atoms with Crippen molar-refractivity contribution in [2.24, 2.45) is 0 Å². The number of benzene rings is 2. The minimum absolute atomic E-state index is 0.00353. The van der Waals surface area contributed by atoms with Gasteiger partial charge in [-0.1, -0.05) is 59.8 Å². The van der Waals surface area contributed by atoms with E-state index in [0.717, 1.165) is 11.1 Å². The van der Waals surface area contributed by atoms with E-state index in [-0.39, 0.29) is 11.7 Å². The molecule has 0 aromatic heterocycles. The molecule has 1 saturated heterocycles. The van der Waals surface area contributed by atoms with Crippen LogP contribution in [0.3, 0.4) is 0 Å². The molecule has 0 N–H and O–H groups in total. The maximum atomic E-state index is 12.5. The summed E-state index contributed by atoms with van der Waals surface area (Å²) in [6, 6.07) is 14.9. The third-order valence-electron chi connectivity index (χ3n) is 3.81. The zero-order chi connectivity index (χ0) is 17.1. The van der Waals surface area contributed by atoms with Crippen LogP contribution in [0.4, 0.5) is 0 Å². The monoisotopic (exact) mass is 357 g/mol. The first-order valence-corrected chi connectivity index (χ1v) is 8.90. The fourth-order valence-corrected chi connectivity index (χ4v) is 3.71. The smallest absolute Gasteiger partial charge is 0.238 e. The second-order valence-electron chi connectivity index (χ2n) is 5.56. The van der Waals surface area contributed by atoms with Crippen molar-refractivity contribution in [2.75, 3.05) is 5.75 Å². The minimum atomic E-state index is -0.0820. The number of nitrogens with zero attached hydrogens (tertiary/aromatic N) is 1. The number of allylic oxidation sites excluding steroid dienone is 1. The first-order chi connectivity index (χ1) is 11.5. The Kier molecular flexibility index (Phi) is 5.07. The van der Waals surface area contributed by atoms with Gasteiger partial charge in [0, 0.05) is 16.7 Å². The lowest BCUT2D eigenvalue weighted by molar-refractivity contribution is -0.125. The molecule has 3 rings (SSSR count). The maximum Gasteiger partial charge on any atom is 0.238 e. The molecule has 1 aliphatic heterocycles. The number of hydrogen-bond donors (Lipinski definition) is 0. The molecule has 2 aromatic rings. The van der Waals surface area contributed by atoms with Gasteiger partial charge in [-0.05, 0) is 30.2 Å². The molecule has 1 heterocycles. The van der Waals surface area contributed by atoms with Crippen LogP contribution in [-0.4, -0.2) is 22.3 Å². The van der Waals surface area contributed by atoms with Crippen LogP contribution in [0.25, 0.3) is 0 Å². The molecule has 0 bridgehead atoms. The second-order valence-corrected chi connectivity index (χ2v) is 6.99. The molecule has 2 aromatic carbocycles. The van der Waals surface area contributed by atoms with Gasteiger partial charge < -0.3 is 4.90 Å². The van der Waals surface area contributed by atoms with Crippen molar-refractivity contribution in [3.63, 3.8) is 0 Å². The van der Waals surface area contributed by atoms with Gasteiger partial charge in [0.05, 0.1) is 17.3 Å². The highest BCUT2D eigenvalue weighted by atomic mass is 35.5. The van der Waals surface area contributed by atoms with E-state index < -0.39 is 0 Å². The number of amides is 1. The molecule has 1 fully saturated rings. The molecular formula is C19H16ClNO2S. The van der Waals surface area contributed by atoms with Crippen molar-refractivity contribution >= 4 is 35.1 Å². The van der Waals surface area contributed by atoms with Gasteiger partial charge in [0.15, 0.2) is 5.78 Å². The number of halogens is 1. The van der Waals surface area contributed by atoms with E-state index >= 15 is 0 Å². The van der Waals surface area contributed by atoms with Crippen LogP contribution in [0.2, 0.25) is 5.02 Å². The molecule has 122 valence electrons. The van der Waals surface area contributed by atoms with Gasteiger partial charge in [0.1, 0.15) is 0 Å². The number of ketones is 1. The van der Waals surface area contributed by atoms with Crippen LogP contribution in [0.5, 0.6) is 0 Å². The lowest BCUT2D eigenvalue weighted by atomic mass is 10.1. The van der Waals surface area contributed by atoms with E-state index in [4.69, 9.17) is 11.6 Å². The molecule has 3 nitrogen and oxygen atoms in total.